The molecule has 104 valence electrons. The number of methoxy groups -OCH3 is 2. The van der Waals surface area contributed by atoms with Gasteiger partial charge in [0, 0.05) is 31.2 Å². The molecular formula is C13H16ClNO4. The summed E-state index contributed by atoms with van der Waals surface area (Å²) in [4.78, 5) is 13.9. The summed E-state index contributed by atoms with van der Waals surface area (Å²) in [5.74, 6) is 0.905. The van der Waals surface area contributed by atoms with Crippen LogP contribution in [0, 0.1) is 5.92 Å². The van der Waals surface area contributed by atoms with Crippen molar-refractivity contribution in [3.63, 3.8) is 0 Å². The lowest BCUT2D eigenvalue weighted by molar-refractivity contribution is 0.0361. The lowest BCUT2D eigenvalue weighted by Gasteiger charge is -2.38. The van der Waals surface area contributed by atoms with Crippen molar-refractivity contribution in [3.05, 3.63) is 22.7 Å². The second kappa shape index (κ2) is 5.67. The van der Waals surface area contributed by atoms with Gasteiger partial charge in [0.25, 0.3) is 5.91 Å². The van der Waals surface area contributed by atoms with Gasteiger partial charge in [-0.2, -0.15) is 0 Å². The van der Waals surface area contributed by atoms with Crippen LogP contribution in [0.5, 0.6) is 11.5 Å². The molecule has 6 heteroatoms. The number of hydrogen-bond donors (Lipinski definition) is 1. The molecule has 0 unspecified atom stereocenters. The zero-order valence-corrected chi connectivity index (χ0v) is 11.6. The summed E-state index contributed by atoms with van der Waals surface area (Å²) in [6, 6.07) is 3.18. The molecule has 1 amide bonds. The van der Waals surface area contributed by atoms with Crippen LogP contribution in [0.15, 0.2) is 12.1 Å². The predicted molar refractivity (Wildman–Crippen MR) is 71.0 cm³/mol. The number of hydrogen-bond acceptors (Lipinski definition) is 4. The van der Waals surface area contributed by atoms with Crippen LogP contribution >= 0.6 is 11.6 Å². The van der Waals surface area contributed by atoms with Gasteiger partial charge >= 0.3 is 0 Å². The summed E-state index contributed by atoms with van der Waals surface area (Å²) in [7, 11) is 2.99. The van der Waals surface area contributed by atoms with E-state index < -0.39 is 0 Å². The quantitative estimate of drug-likeness (QED) is 0.909. The Morgan fingerprint density at radius 1 is 1.42 bits per heavy atom. The molecule has 0 bridgehead atoms. The van der Waals surface area contributed by atoms with Gasteiger partial charge in [-0.25, -0.2) is 0 Å². The van der Waals surface area contributed by atoms with Crippen LogP contribution in [-0.2, 0) is 0 Å². The fourth-order valence-corrected chi connectivity index (χ4v) is 2.36. The van der Waals surface area contributed by atoms with Crippen molar-refractivity contribution in [3.8, 4) is 11.5 Å². The first-order valence-corrected chi connectivity index (χ1v) is 6.30. The molecule has 1 heterocycles. The minimum atomic E-state index is -0.118. The molecule has 0 spiro atoms. The van der Waals surface area contributed by atoms with E-state index in [1.54, 1.807) is 17.0 Å². The van der Waals surface area contributed by atoms with E-state index in [1.807, 2.05) is 0 Å². The minimum Gasteiger partial charge on any atom is -0.493 e. The Hall–Kier alpha value is -1.46. The first-order valence-electron chi connectivity index (χ1n) is 5.92. The lowest BCUT2D eigenvalue weighted by atomic mass is 10.00. The standard InChI is InChI=1S/C13H16ClNO4/c1-18-11-4-9(3-10(14)12(11)19-2)13(17)15-5-8(6-15)7-16/h3-4,8,16H,5-7H2,1-2H3. The Morgan fingerprint density at radius 3 is 2.63 bits per heavy atom. The highest BCUT2D eigenvalue weighted by atomic mass is 35.5. The number of rotatable bonds is 4. The number of aliphatic hydroxyl groups excluding tert-OH is 1. The zero-order chi connectivity index (χ0) is 14.0. The van der Waals surface area contributed by atoms with Gasteiger partial charge in [-0.05, 0) is 12.1 Å². The molecule has 1 fully saturated rings. The number of amides is 1. The first kappa shape index (κ1) is 14.0. The van der Waals surface area contributed by atoms with Gasteiger partial charge < -0.3 is 19.5 Å². The molecule has 0 saturated carbocycles. The maximum Gasteiger partial charge on any atom is 0.254 e. The van der Waals surface area contributed by atoms with Crippen molar-refractivity contribution in [2.24, 2.45) is 5.92 Å². The highest BCUT2D eigenvalue weighted by Gasteiger charge is 2.31. The van der Waals surface area contributed by atoms with Crippen molar-refractivity contribution in [2.75, 3.05) is 33.9 Å². The van der Waals surface area contributed by atoms with E-state index in [4.69, 9.17) is 26.2 Å². The zero-order valence-electron chi connectivity index (χ0n) is 10.9. The molecule has 1 aliphatic heterocycles. The number of benzene rings is 1. The van der Waals surface area contributed by atoms with E-state index in [2.05, 4.69) is 0 Å². The Bertz CT molecular complexity index is 486. The minimum absolute atomic E-state index is 0.108. The monoisotopic (exact) mass is 285 g/mol. The number of halogens is 1. The molecule has 1 saturated heterocycles. The summed E-state index contributed by atoms with van der Waals surface area (Å²) >= 11 is 6.06. The number of carbonyl (C=O) groups excluding carboxylic acids is 1. The molecule has 2 rings (SSSR count). The molecule has 19 heavy (non-hydrogen) atoms. The fraction of sp³-hybridized carbons (Fsp3) is 0.462. The molecule has 1 N–H and O–H groups in total. The third-order valence-electron chi connectivity index (χ3n) is 3.18. The summed E-state index contributed by atoms with van der Waals surface area (Å²) < 4.78 is 10.3. The van der Waals surface area contributed by atoms with E-state index in [1.165, 1.54) is 14.2 Å². The van der Waals surface area contributed by atoms with Gasteiger partial charge in [0.1, 0.15) is 0 Å². The maximum atomic E-state index is 12.2. The van der Waals surface area contributed by atoms with Crippen molar-refractivity contribution < 1.29 is 19.4 Å². The molecular weight excluding hydrogens is 270 g/mol. The lowest BCUT2D eigenvalue weighted by Crippen LogP contribution is -2.51. The number of nitrogens with zero attached hydrogens (tertiary/aromatic N) is 1. The van der Waals surface area contributed by atoms with Gasteiger partial charge in [0.15, 0.2) is 11.5 Å². The summed E-state index contributed by atoms with van der Waals surface area (Å²) in [5.41, 5.74) is 0.457. The van der Waals surface area contributed by atoms with E-state index in [-0.39, 0.29) is 18.4 Å². The Balaban J connectivity index is 2.21. The van der Waals surface area contributed by atoms with Crippen LogP contribution in [0.25, 0.3) is 0 Å². The van der Waals surface area contributed by atoms with Crippen LogP contribution in [0.4, 0.5) is 0 Å². The second-order valence-electron chi connectivity index (χ2n) is 4.45. The van der Waals surface area contributed by atoms with E-state index in [9.17, 15) is 4.79 Å². The van der Waals surface area contributed by atoms with Gasteiger partial charge in [-0.15, -0.1) is 0 Å². The van der Waals surface area contributed by atoms with Crippen LogP contribution in [0.3, 0.4) is 0 Å². The number of likely N-dealkylation sites (tertiary alicyclic amines) is 1. The van der Waals surface area contributed by atoms with Gasteiger partial charge in [-0.3, -0.25) is 4.79 Å². The highest BCUT2D eigenvalue weighted by Crippen LogP contribution is 2.36. The van der Waals surface area contributed by atoms with E-state index in [0.717, 1.165) is 0 Å². The molecule has 0 aliphatic carbocycles. The van der Waals surface area contributed by atoms with Crippen molar-refractivity contribution >= 4 is 17.5 Å². The topological polar surface area (TPSA) is 59.0 Å². The van der Waals surface area contributed by atoms with Crippen LogP contribution in [-0.4, -0.2) is 49.8 Å². The van der Waals surface area contributed by atoms with Crippen LogP contribution < -0.4 is 9.47 Å². The third kappa shape index (κ3) is 2.62. The molecule has 0 radical (unpaired) electrons. The summed E-state index contributed by atoms with van der Waals surface area (Å²) in [5, 5.41) is 9.29. The van der Waals surface area contributed by atoms with E-state index in [0.29, 0.717) is 35.2 Å². The molecule has 1 aliphatic rings. The maximum absolute atomic E-state index is 12.2. The van der Waals surface area contributed by atoms with Gasteiger partial charge in [0.2, 0.25) is 0 Å². The number of carbonyl (C=O) groups is 1. The Labute approximate surface area is 116 Å². The van der Waals surface area contributed by atoms with E-state index >= 15 is 0 Å². The smallest absolute Gasteiger partial charge is 0.254 e. The summed E-state index contributed by atoms with van der Waals surface area (Å²) in [6.45, 7) is 1.25. The van der Waals surface area contributed by atoms with Gasteiger partial charge in [-0.1, -0.05) is 11.6 Å². The second-order valence-corrected chi connectivity index (χ2v) is 4.86. The molecule has 1 aromatic carbocycles. The highest BCUT2D eigenvalue weighted by molar-refractivity contribution is 6.32. The average molecular weight is 286 g/mol. The fourth-order valence-electron chi connectivity index (χ4n) is 2.08. The number of ether oxygens (including phenoxy) is 2. The largest absolute Gasteiger partial charge is 0.493 e. The molecule has 0 aromatic heterocycles. The molecule has 0 atom stereocenters. The first-order chi connectivity index (χ1) is 9.10. The van der Waals surface area contributed by atoms with Crippen molar-refractivity contribution in [1.82, 2.24) is 4.90 Å². The van der Waals surface area contributed by atoms with Crippen LogP contribution in [0.1, 0.15) is 10.4 Å². The molecule has 5 nitrogen and oxygen atoms in total. The average Bonchev–Trinajstić information content (AvgIpc) is 2.36. The third-order valence-corrected chi connectivity index (χ3v) is 3.46. The normalized spacial score (nSPS) is 15.1. The number of aliphatic hydroxyl groups is 1. The van der Waals surface area contributed by atoms with Crippen LogP contribution in [0.2, 0.25) is 5.02 Å². The predicted octanol–water partition coefficient (Wildman–Crippen LogP) is 1.42. The Morgan fingerprint density at radius 2 is 2.11 bits per heavy atom. The van der Waals surface area contributed by atoms with Gasteiger partial charge in [0.05, 0.1) is 19.2 Å². The van der Waals surface area contributed by atoms with Crippen molar-refractivity contribution in [2.45, 2.75) is 0 Å². The Kier molecular flexibility index (Phi) is 4.17. The summed E-state index contributed by atoms with van der Waals surface area (Å²) in [6.07, 6.45) is 0. The van der Waals surface area contributed by atoms with Crippen molar-refractivity contribution in [1.29, 1.82) is 0 Å². The SMILES string of the molecule is COc1cc(C(=O)N2CC(CO)C2)cc(Cl)c1OC. The molecule has 1 aromatic rings.